The van der Waals surface area contributed by atoms with Gasteiger partial charge in [-0.2, -0.15) is 0 Å². The van der Waals surface area contributed by atoms with Gasteiger partial charge in [-0.25, -0.2) is 8.42 Å². The van der Waals surface area contributed by atoms with E-state index >= 15 is 0 Å². The number of rotatable bonds is 7. The lowest BCUT2D eigenvalue weighted by atomic mass is 10.1. The molecule has 2 N–H and O–H groups in total. The summed E-state index contributed by atoms with van der Waals surface area (Å²) < 4.78 is 28.1. The number of carbonyl (C=O) groups excluding carboxylic acids is 1. The van der Waals surface area contributed by atoms with E-state index in [1.54, 1.807) is 12.1 Å². The van der Waals surface area contributed by atoms with Crippen LogP contribution < -0.4 is 10.0 Å². The van der Waals surface area contributed by atoms with Crippen molar-refractivity contribution in [2.45, 2.75) is 32.1 Å². The molecule has 3 rings (SSSR count). The number of sulfonamides is 1. The fourth-order valence-corrected chi connectivity index (χ4v) is 5.02. The highest BCUT2D eigenvalue weighted by Gasteiger charge is 2.20. The van der Waals surface area contributed by atoms with Gasteiger partial charge in [0.15, 0.2) is 0 Å². The molecule has 1 amide bonds. The molecule has 0 aliphatic rings. The first-order chi connectivity index (χ1) is 14.5. The van der Waals surface area contributed by atoms with Gasteiger partial charge in [-0.05, 0) is 48.7 Å². The third kappa shape index (κ3) is 5.94. The molecular weight excluding hydrogens is 479 g/mol. The highest BCUT2D eigenvalue weighted by molar-refractivity contribution is 7.92. The van der Waals surface area contributed by atoms with Crippen molar-refractivity contribution in [2.75, 3.05) is 10.0 Å². The maximum Gasteiger partial charge on any atom is 0.261 e. The zero-order chi connectivity index (χ0) is 22.8. The molecule has 7 nitrogen and oxygen atoms in total. The van der Waals surface area contributed by atoms with Crippen molar-refractivity contribution in [1.29, 1.82) is 0 Å². The second kappa shape index (κ2) is 9.52. The van der Waals surface area contributed by atoms with E-state index in [0.29, 0.717) is 21.8 Å². The van der Waals surface area contributed by atoms with Crippen molar-refractivity contribution >= 4 is 61.3 Å². The minimum atomic E-state index is -3.97. The topological polar surface area (TPSA) is 101 Å². The summed E-state index contributed by atoms with van der Waals surface area (Å²) in [4.78, 5) is 12.6. The van der Waals surface area contributed by atoms with Crippen LogP contribution >= 0.6 is 34.5 Å². The van der Waals surface area contributed by atoms with Gasteiger partial charge in [0.2, 0.25) is 5.13 Å². The molecule has 0 spiro atoms. The van der Waals surface area contributed by atoms with Crippen LogP contribution in [0.5, 0.6) is 0 Å². The lowest BCUT2D eigenvalue weighted by Crippen LogP contribution is -2.16. The monoisotopic (exact) mass is 498 g/mol. The van der Waals surface area contributed by atoms with Crippen molar-refractivity contribution < 1.29 is 13.2 Å². The van der Waals surface area contributed by atoms with Crippen LogP contribution in [0.25, 0.3) is 0 Å². The first-order valence-corrected chi connectivity index (χ1v) is 12.3. The van der Waals surface area contributed by atoms with E-state index in [1.807, 2.05) is 6.92 Å². The molecule has 3 aromatic rings. The highest BCUT2D eigenvalue weighted by atomic mass is 35.5. The van der Waals surface area contributed by atoms with Crippen molar-refractivity contribution in [3.8, 4) is 0 Å². The fourth-order valence-electron chi connectivity index (χ4n) is 2.62. The summed E-state index contributed by atoms with van der Waals surface area (Å²) in [6.45, 7) is 5.93. The van der Waals surface area contributed by atoms with Gasteiger partial charge in [0.25, 0.3) is 15.9 Å². The smallest absolute Gasteiger partial charge is 0.261 e. The normalized spacial score (nSPS) is 11.5. The predicted molar refractivity (Wildman–Crippen MR) is 125 cm³/mol. The summed E-state index contributed by atoms with van der Waals surface area (Å²) in [5.74, 6) is -0.170. The highest BCUT2D eigenvalue weighted by Crippen LogP contribution is 2.26. The SMILES string of the molecule is Cc1ccc(NS(=O)(=O)c2ccc(Cl)c(C(=O)Nc3nnc(CC(C)C)s3)c2)cc1Cl. The lowest BCUT2D eigenvalue weighted by molar-refractivity contribution is 0.102. The molecule has 0 unspecified atom stereocenters. The zero-order valence-corrected chi connectivity index (χ0v) is 20.1. The van der Waals surface area contributed by atoms with Gasteiger partial charge >= 0.3 is 0 Å². The van der Waals surface area contributed by atoms with Crippen molar-refractivity contribution in [2.24, 2.45) is 5.92 Å². The number of aryl methyl sites for hydroxylation is 1. The Morgan fingerprint density at radius 3 is 2.52 bits per heavy atom. The van der Waals surface area contributed by atoms with Crippen LogP contribution in [0.15, 0.2) is 41.3 Å². The number of benzene rings is 2. The van der Waals surface area contributed by atoms with Crippen molar-refractivity contribution in [1.82, 2.24) is 10.2 Å². The van der Waals surface area contributed by atoms with E-state index in [-0.39, 0.29) is 15.5 Å². The number of halogens is 2. The van der Waals surface area contributed by atoms with E-state index in [4.69, 9.17) is 23.2 Å². The molecule has 0 aliphatic carbocycles. The number of carbonyl (C=O) groups is 1. The number of nitrogens with zero attached hydrogens (tertiary/aromatic N) is 2. The Morgan fingerprint density at radius 1 is 1.10 bits per heavy atom. The molecule has 0 saturated heterocycles. The van der Waals surface area contributed by atoms with Gasteiger partial charge < -0.3 is 0 Å². The van der Waals surface area contributed by atoms with Crippen LogP contribution in [0.2, 0.25) is 10.0 Å². The largest absolute Gasteiger partial charge is 0.296 e. The Bertz CT molecular complexity index is 1230. The first-order valence-electron chi connectivity index (χ1n) is 9.27. The average Bonchev–Trinajstić information content (AvgIpc) is 3.10. The van der Waals surface area contributed by atoms with Gasteiger partial charge in [0, 0.05) is 11.4 Å². The van der Waals surface area contributed by atoms with Gasteiger partial charge in [-0.15, -0.1) is 10.2 Å². The maximum atomic E-state index is 12.8. The van der Waals surface area contributed by atoms with Crippen LogP contribution in [-0.4, -0.2) is 24.5 Å². The van der Waals surface area contributed by atoms with E-state index in [9.17, 15) is 13.2 Å². The lowest BCUT2D eigenvalue weighted by Gasteiger charge is -2.11. The molecule has 0 fully saturated rings. The maximum absolute atomic E-state index is 12.8. The number of hydrogen-bond acceptors (Lipinski definition) is 6. The van der Waals surface area contributed by atoms with Gasteiger partial charge in [0.1, 0.15) is 5.01 Å². The molecule has 0 aliphatic heterocycles. The third-order valence-corrected chi connectivity index (χ3v) is 7.16. The average molecular weight is 499 g/mol. The Hall–Kier alpha value is -2.20. The Kier molecular flexibility index (Phi) is 7.20. The first kappa shape index (κ1) is 23.5. The molecular formula is C20H20Cl2N4O3S2. The predicted octanol–water partition coefficient (Wildman–Crippen LogP) is 5.40. The molecule has 0 bridgehead atoms. The van der Waals surface area contributed by atoms with E-state index in [1.165, 1.54) is 35.6 Å². The van der Waals surface area contributed by atoms with Gasteiger partial charge in [-0.1, -0.05) is 54.5 Å². The summed E-state index contributed by atoms with van der Waals surface area (Å²) in [6.07, 6.45) is 0.747. The van der Waals surface area contributed by atoms with Crippen molar-refractivity contribution in [3.63, 3.8) is 0 Å². The molecule has 31 heavy (non-hydrogen) atoms. The van der Waals surface area contributed by atoms with E-state index < -0.39 is 15.9 Å². The Labute approximate surface area is 194 Å². The number of nitrogens with one attached hydrogen (secondary N) is 2. The standard InChI is InChI=1S/C20H20Cl2N4O3S2/c1-11(2)8-18-24-25-20(30-18)23-19(27)15-10-14(6-7-16(15)21)31(28,29)26-13-5-4-12(3)17(22)9-13/h4-7,9-11,26H,8H2,1-3H3,(H,23,25,27). The number of aromatic nitrogens is 2. The Morgan fingerprint density at radius 2 is 1.84 bits per heavy atom. The van der Waals surface area contributed by atoms with Gasteiger partial charge in [0.05, 0.1) is 21.2 Å². The van der Waals surface area contributed by atoms with Crippen LogP contribution in [0.3, 0.4) is 0 Å². The zero-order valence-electron chi connectivity index (χ0n) is 16.9. The van der Waals surface area contributed by atoms with E-state index in [0.717, 1.165) is 17.0 Å². The molecule has 0 saturated carbocycles. The molecule has 0 atom stereocenters. The van der Waals surface area contributed by atoms with Crippen molar-refractivity contribution in [3.05, 3.63) is 62.6 Å². The number of hydrogen-bond donors (Lipinski definition) is 2. The fraction of sp³-hybridized carbons (Fsp3) is 0.250. The van der Waals surface area contributed by atoms with Crippen LogP contribution in [0.4, 0.5) is 10.8 Å². The van der Waals surface area contributed by atoms with Crippen LogP contribution in [0, 0.1) is 12.8 Å². The molecule has 2 aromatic carbocycles. The van der Waals surface area contributed by atoms with Crippen LogP contribution in [-0.2, 0) is 16.4 Å². The summed E-state index contributed by atoms with van der Waals surface area (Å²) in [5.41, 5.74) is 1.14. The molecule has 1 aromatic heterocycles. The molecule has 1 heterocycles. The molecule has 164 valence electrons. The Balaban J connectivity index is 1.82. The number of amides is 1. The second-order valence-electron chi connectivity index (χ2n) is 7.26. The second-order valence-corrected chi connectivity index (χ2v) is 10.8. The quantitative estimate of drug-likeness (QED) is 0.453. The summed E-state index contributed by atoms with van der Waals surface area (Å²) >= 11 is 13.5. The summed E-state index contributed by atoms with van der Waals surface area (Å²) in [5, 5.41) is 12.3. The van der Waals surface area contributed by atoms with Gasteiger partial charge in [-0.3, -0.25) is 14.8 Å². The molecule has 0 radical (unpaired) electrons. The van der Waals surface area contributed by atoms with E-state index in [2.05, 4.69) is 34.1 Å². The molecule has 11 heteroatoms. The third-order valence-electron chi connectivity index (χ3n) is 4.19. The minimum absolute atomic E-state index is 0.00656. The summed E-state index contributed by atoms with van der Waals surface area (Å²) in [7, 11) is -3.97. The number of anilines is 2. The minimum Gasteiger partial charge on any atom is -0.296 e. The summed E-state index contributed by atoms with van der Waals surface area (Å²) in [6, 6.07) is 8.72. The van der Waals surface area contributed by atoms with Crippen LogP contribution in [0.1, 0.15) is 34.8 Å².